The molecule has 1 saturated heterocycles. The van der Waals surface area contributed by atoms with Crippen molar-refractivity contribution in [3.8, 4) is 0 Å². The molecule has 2 amide bonds. The Hall–Kier alpha value is -2.10. The fraction of sp³-hybridized carbons (Fsp3) is 0.286. The van der Waals surface area contributed by atoms with Crippen molar-refractivity contribution in [1.82, 2.24) is 4.90 Å². The van der Waals surface area contributed by atoms with Crippen LogP contribution in [0.15, 0.2) is 36.4 Å². The summed E-state index contributed by atoms with van der Waals surface area (Å²) >= 11 is 0. The van der Waals surface area contributed by atoms with Crippen molar-refractivity contribution < 1.29 is 9.59 Å². The number of carbonyl (C=O) groups is 2. The first-order valence-electron chi connectivity index (χ1n) is 6.01. The highest BCUT2D eigenvalue weighted by atomic mass is 16.2. The second-order valence-electron chi connectivity index (χ2n) is 4.34. The number of carbonyl (C=O) groups excluding carboxylic acids is 2. The molecule has 0 bridgehead atoms. The minimum atomic E-state index is -0.446. The fourth-order valence-electron chi connectivity index (χ4n) is 2.15. The highest BCUT2D eigenvalue weighted by Crippen LogP contribution is 2.17. The van der Waals surface area contributed by atoms with Crippen molar-refractivity contribution in [2.24, 2.45) is 5.73 Å². The normalized spacial score (nSPS) is 19.3. The second kappa shape index (κ2) is 5.49. The molecule has 1 atom stereocenters. The van der Waals surface area contributed by atoms with Crippen LogP contribution in [0.2, 0.25) is 0 Å². The average Bonchev–Trinajstić information content (AvgIpc) is 2.86. The first-order valence-corrected chi connectivity index (χ1v) is 6.01. The van der Waals surface area contributed by atoms with Gasteiger partial charge in [0.2, 0.25) is 11.8 Å². The van der Waals surface area contributed by atoms with E-state index in [1.165, 1.54) is 6.08 Å². The van der Waals surface area contributed by atoms with Gasteiger partial charge in [-0.1, -0.05) is 30.3 Å². The minimum absolute atomic E-state index is 0.153. The van der Waals surface area contributed by atoms with Crippen molar-refractivity contribution in [2.75, 3.05) is 6.54 Å². The number of primary amides is 1. The van der Waals surface area contributed by atoms with E-state index in [0.717, 1.165) is 12.0 Å². The van der Waals surface area contributed by atoms with Crippen LogP contribution < -0.4 is 5.73 Å². The Morgan fingerprint density at radius 3 is 2.67 bits per heavy atom. The van der Waals surface area contributed by atoms with Gasteiger partial charge >= 0.3 is 0 Å². The molecule has 4 nitrogen and oxygen atoms in total. The van der Waals surface area contributed by atoms with Crippen LogP contribution in [0.5, 0.6) is 0 Å². The van der Waals surface area contributed by atoms with Crippen LogP contribution in [0.4, 0.5) is 0 Å². The van der Waals surface area contributed by atoms with Crippen molar-refractivity contribution in [1.29, 1.82) is 0 Å². The summed E-state index contributed by atoms with van der Waals surface area (Å²) in [5.74, 6) is -0.575. The van der Waals surface area contributed by atoms with E-state index in [-0.39, 0.29) is 5.91 Å². The SMILES string of the molecule is NC(=O)[C@@H]1CCCN1C(=O)/C=C\c1ccccc1. The molecule has 0 unspecified atom stereocenters. The van der Waals surface area contributed by atoms with Crippen LogP contribution in [0.25, 0.3) is 6.08 Å². The number of nitrogens with zero attached hydrogens (tertiary/aromatic N) is 1. The van der Waals surface area contributed by atoms with Gasteiger partial charge in [-0.2, -0.15) is 0 Å². The molecule has 2 N–H and O–H groups in total. The van der Waals surface area contributed by atoms with E-state index in [1.807, 2.05) is 30.3 Å². The molecule has 0 saturated carbocycles. The first-order chi connectivity index (χ1) is 8.68. The van der Waals surface area contributed by atoms with Crippen molar-refractivity contribution in [2.45, 2.75) is 18.9 Å². The number of rotatable bonds is 3. The summed E-state index contributed by atoms with van der Waals surface area (Å²) < 4.78 is 0. The van der Waals surface area contributed by atoms with E-state index >= 15 is 0 Å². The maximum absolute atomic E-state index is 12.0. The fourth-order valence-corrected chi connectivity index (χ4v) is 2.15. The highest BCUT2D eigenvalue weighted by Gasteiger charge is 2.31. The van der Waals surface area contributed by atoms with Gasteiger partial charge in [0.15, 0.2) is 0 Å². The Morgan fingerprint density at radius 2 is 2.00 bits per heavy atom. The molecule has 0 radical (unpaired) electrons. The lowest BCUT2D eigenvalue weighted by atomic mass is 10.2. The largest absolute Gasteiger partial charge is 0.368 e. The quantitative estimate of drug-likeness (QED) is 0.811. The van der Waals surface area contributed by atoms with Crippen LogP contribution >= 0.6 is 0 Å². The van der Waals surface area contributed by atoms with Crippen LogP contribution in [0.1, 0.15) is 18.4 Å². The summed E-state index contributed by atoms with van der Waals surface area (Å²) in [4.78, 5) is 24.7. The molecule has 2 rings (SSSR count). The molecule has 1 heterocycles. The standard InChI is InChI=1S/C14H16N2O2/c15-14(18)12-7-4-10-16(12)13(17)9-8-11-5-2-1-3-6-11/h1-3,5-6,8-9,12H,4,7,10H2,(H2,15,18)/b9-8-/t12-/m0/s1. The molecule has 4 heteroatoms. The zero-order valence-corrected chi connectivity index (χ0v) is 10.1. The number of hydrogen-bond acceptors (Lipinski definition) is 2. The number of amides is 2. The van der Waals surface area contributed by atoms with Crippen LogP contribution in [0, 0.1) is 0 Å². The molecule has 0 spiro atoms. The van der Waals surface area contributed by atoms with Crippen molar-refractivity contribution >= 4 is 17.9 Å². The zero-order valence-electron chi connectivity index (χ0n) is 10.1. The molecule has 1 aliphatic rings. The number of nitrogens with two attached hydrogens (primary N) is 1. The van der Waals surface area contributed by atoms with Gasteiger partial charge in [-0.05, 0) is 24.5 Å². The van der Waals surface area contributed by atoms with E-state index in [4.69, 9.17) is 5.73 Å². The van der Waals surface area contributed by atoms with Gasteiger partial charge in [0.05, 0.1) is 0 Å². The molecular formula is C14H16N2O2. The predicted molar refractivity (Wildman–Crippen MR) is 69.4 cm³/mol. The Bertz CT molecular complexity index is 468. The topological polar surface area (TPSA) is 63.4 Å². The van der Waals surface area contributed by atoms with Crippen molar-refractivity contribution in [3.05, 3.63) is 42.0 Å². The van der Waals surface area contributed by atoms with Gasteiger partial charge in [0.1, 0.15) is 6.04 Å². The molecule has 1 aromatic carbocycles. The summed E-state index contributed by atoms with van der Waals surface area (Å²) in [7, 11) is 0. The lowest BCUT2D eigenvalue weighted by Gasteiger charge is -2.20. The van der Waals surface area contributed by atoms with E-state index in [9.17, 15) is 9.59 Å². The third-order valence-electron chi connectivity index (χ3n) is 3.08. The van der Waals surface area contributed by atoms with E-state index in [0.29, 0.717) is 13.0 Å². The molecule has 1 fully saturated rings. The van der Waals surface area contributed by atoms with Gasteiger partial charge in [-0.3, -0.25) is 9.59 Å². The summed E-state index contributed by atoms with van der Waals surface area (Å²) in [6, 6.07) is 9.12. The van der Waals surface area contributed by atoms with E-state index in [2.05, 4.69) is 0 Å². The Morgan fingerprint density at radius 1 is 1.28 bits per heavy atom. The maximum atomic E-state index is 12.0. The van der Waals surface area contributed by atoms with Crippen LogP contribution in [-0.2, 0) is 9.59 Å². The maximum Gasteiger partial charge on any atom is 0.247 e. The summed E-state index contributed by atoms with van der Waals surface area (Å²) in [6.07, 6.45) is 4.74. The highest BCUT2D eigenvalue weighted by molar-refractivity contribution is 5.95. The molecule has 0 aromatic heterocycles. The lowest BCUT2D eigenvalue weighted by molar-refractivity contribution is -0.133. The number of hydrogen-bond donors (Lipinski definition) is 1. The third-order valence-corrected chi connectivity index (χ3v) is 3.08. The average molecular weight is 244 g/mol. The Labute approximate surface area is 106 Å². The summed E-state index contributed by atoms with van der Waals surface area (Å²) in [5, 5.41) is 0. The van der Waals surface area contributed by atoms with E-state index < -0.39 is 11.9 Å². The van der Waals surface area contributed by atoms with Gasteiger partial charge in [0, 0.05) is 12.6 Å². The minimum Gasteiger partial charge on any atom is -0.368 e. The molecule has 94 valence electrons. The third kappa shape index (κ3) is 2.77. The monoisotopic (exact) mass is 244 g/mol. The van der Waals surface area contributed by atoms with Crippen LogP contribution in [-0.4, -0.2) is 29.3 Å². The number of benzene rings is 1. The second-order valence-corrected chi connectivity index (χ2v) is 4.34. The van der Waals surface area contributed by atoms with Gasteiger partial charge in [-0.15, -0.1) is 0 Å². The molecule has 1 aliphatic heterocycles. The molecular weight excluding hydrogens is 228 g/mol. The lowest BCUT2D eigenvalue weighted by Crippen LogP contribution is -2.42. The number of likely N-dealkylation sites (tertiary alicyclic amines) is 1. The first kappa shape index (κ1) is 12.4. The Kier molecular flexibility index (Phi) is 3.77. The summed E-state index contributed by atoms with van der Waals surface area (Å²) in [5.41, 5.74) is 6.24. The Balaban J connectivity index is 2.04. The van der Waals surface area contributed by atoms with E-state index in [1.54, 1.807) is 11.0 Å². The van der Waals surface area contributed by atoms with Crippen molar-refractivity contribution in [3.63, 3.8) is 0 Å². The van der Waals surface area contributed by atoms with Crippen LogP contribution in [0.3, 0.4) is 0 Å². The smallest absolute Gasteiger partial charge is 0.247 e. The zero-order chi connectivity index (χ0) is 13.0. The molecule has 0 aliphatic carbocycles. The summed E-state index contributed by atoms with van der Waals surface area (Å²) in [6.45, 7) is 0.603. The molecule has 18 heavy (non-hydrogen) atoms. The van der Waals surface area contributed by atoms with Gasteiger partial charge in [0.25, 0.3) is 0 Å². The predicted octanol–water partition coefficient (Wildman–Crippen LogP) is 1.18. The molecule has 1 aromatic rings. The van der Waals surface area contributed by atoms with Gasteiger partial charge < -0.3 is 10.6 Å². The van der Waals surface area contributed by atoms with Gasteiger partial charge in [-0.25, -0.2) is 0 Å².